The normalized spacial score (nSPS) is 14.2. The molecule has 0 bridgehead atoms. The molecule has 3 rings (SSSR count). The van der Waals surface area contributed by atoms with Gasteiger partial charge in [-0.2, -0.15) is 0 Å². The van der Waals surface area contributed by atoms with Gasteiger partial charge in [0.1, 0.15) is 12.0 Å². The molecule has 0 radical (unpaired) electrons. The van der Waals surface area contributed by atoms with Crippen molar-refractivity contribution in [3.63, 3.8) is 0 Å². The molecule has 0 aliphatic heterocycles. The lowest BCUT2D eigenvalue weighted by molar-refractivity contribution is 0.679. The Bertz CT molecular complexity index is 668. The second-order valence-corrected chi connectivity index (χ2v) is 5.64. The fourth-order valence-corrected chi connectivity index (χ4v) is 2.68. The van der Waals surface area contributed by atoms with Crippen molar-refractivity contribution in [2.45, 2.75) is 32.1 Å². The molecular weight excluding hydrogens is 288 g/mol. The van der Waals surface area contributed by atoms with Crippen LogP contribution in [0.15, 0.2) is 42.5 Å². The predicted octanol–water partition coefficient (Wildman–Crippen LogP) is 3.50. The number of nitrogen functional groups attached to an aromatic ring is 1. The summed E-state index contributed by atoms with van der Waals surface area (Å²) in [7, 11) is 0. The van der Waals surface area contributed by atoms with Crippen LogP contribution in [0.5, 0.6) is 0 Å². The molecule has 2 aromatic heterocycles. The molecule has 120 valence electrons. The van der Waals surface area contributed by atoms with Crippen LogP contribution >= 0.6 is 0 Å². The van der Waals surface area contributed by atoms with Gasteiger partial charge in [0, 0.05) is 12.7 Å². The van der Waals surface area contributed by atoms with Crippen molar-refractivity contribution in [1.82, 2.24) is 15.0 Å². The van der Waals surface area contributed by atoms with Crippen molar-refractivity contribution in [3.05, 3.63) is 42.5 Å². The zero-order valence-corrected chi connectivity index (χ0v) is 13.1. The molecular formula is C17H22N6. The van der Waals surface area contributed by atoms with E-state index in [0.717, 1.165) is 18.7 Å². The summed E-state index contributed by atoms with van der Waals surface area (Å²) >= 11 is 0. The Morgan fingerprint density at radius 1 is 1.17 bits per heavy atom. The van der Waals surface area contributed by atoms with Gasteiger partial charge in [0.15, 0.2) is 11.6 Å². The van der Waals surface area contributed by atoms with E-state index in [0.29, 0.717) is 17.3 Å². The summed E-state index contributed by atoms with van der Waals surface area (Å²) in [6, 6.07) is 3.77. The number of nitrogens with zero attached hydrogens (tertiary/aromatic N) is 3. The molecule has 0 saturated heterocycles. The minimum absolute atomic E-state index is 0.522. The summed E-state index contributed by atoms with van der Waals surface area (Å²) in [5.74, 6) is 1.26. The van der Waals surface area contributed by atoms with E-state index >= 15 is 0 Å². The number of hydrogen-bond donors (Lipinski definition) is 3. The molecule has 0 amide bonds. The van der Waals surface area contributed by atoms with Gasteiger partial charge in [-0.15, -0.1) is 0 Å². The molecule has 23 heavy (non-hydrogen) atoms. The lowest BCUT2D eigenvalue weighted by Gasteiger charge is -2.15. The van der Waals surface area contributed by atoms with Gasteiger partial charge in [-0.25, -0.2) is 9.97 Å². The third-order valence-electron chi connectivity index (χ3n) is 3.93. The first-order valence-electron chi connectivity index (χ1n) is 8.02. The number of pyridine rings is 1. The van der Waals surface area contributed by atoms with E-state index < -0.39 is 0 Å². The van der Waals surface area contributed by atoms with Crippen molar-refractivity contribution in [3.8, 4) is 0 Å². The van der Waals surface area contributed by atoms with Crippen LogP contribution in [0.3, 0.4) is 0 Å². The molecule has 0 saturated carbocycles. The minimum Gasteiger partial charge on any atom is -0.393 e. The Hall–Kier alpha value is -2.63. The van der Waals surface area contributed by atoms with Crippen molar-refractivity contribution >= 4 is 23.0 Å². The lowest BCUT2D eigenvalue weighted by Crippen LogP contribution is -2.10. The molecule has 2 heterocycles. The van der Waals surface area contributed by atoms with Crippen LogP contribution in [0.2, 0.25) is 0 Å². The van der Waals surface area contributed by atoms with Crippen LogP contribution < -0.4 is 16.4 Å². The maximum absolute atomic E-state index is 6.17. The highest BCUT2D eigenvalue weighted by Crippen LogP contribution is 2.26. The van der Waals surface area contributed by atoms with E-state index in [1.165, 1.54) is 37.6 Å². The van der Waals surface area contributed by atoms with Gasteiger partial charge >= 0.3 is 0 Å². The average Bonchev–Trinajstić information content (AvgIpc) is 2.60. The van der Waals surface area contributed by atoms with Crippen molar-refractivity contribution in [2.24, 2.45) is 0 Å². The highest BCUT2D eigenvalue weighted by atomic mass is 15.1. The fraction of sp³-hybridized carbons (Fsp3) is 0.353. The van der Waals surface area contributed by atoms with E-state index in [9.17, 15) is 0 Å². The number of nitrogens with two attached hydrogens (primary N) is 1. The average molecular weight is 310 g/mol. The molecule has 4 N–H and O–H groups in total. The van der Waals surface area contributed by atoms with Gasteiger partial charge in [0.2, 0.25) is 0 Å². The Morgan fingerprint density at radius 2 is 2.09 bits per heavy atom. The first kappa shape index (κ1) is 15.3. The molecule has 0 unspecified atom stereocenters. The smallest absolute Gasteiger partial charge is 0.159 e. The number of allylic oxidation sites excluding steroid dienone is 1. The standard InChI is InChI=1S/C17H22N6/c18-15-16(20-10-8-13-5-2-1-3-6-13)21-12-22-17(15)23-14-7-4-9-19-11-14/h4-5,7,9,11-12H,1-3,6,8,10,18H2,(H2,20,21,22,23). The Balaban J connectivity index is 1.61. The first-order valence-corrected chi connectivity index (χ1v) is 8.02. The van der Waals surface area contributed by atoms with Crippen LogP contribution in [0, 0.1) is 0 Å². The Labute approximate surface area is 136 Å². The van der Waals surface area contributed by atoms with Crippen LogP contribution in [-0.4, -0.2) is 21.5 Å². The van der Waals surface area contributed by atoms with Gasteiger partial charge in [0.25, 0.3) is 0 Å². The highest BCUT2D eigenvalue weighted by molar-refractivity contribution is 5.77. The summed E-state index contributed by atoms with van der Waals surface area (Å²) in [4.78, 5) is 12.5. The topological polar surface area (TPSA) is 88.8 Å². The van der Waals surface area contributed by atoms with Crippen LogP contribution in [0.1, 0.15) is 32.1 Å². The number of nitrogens with one attached hydrogen (secondary N) is 2. The number of hydrogen-bond acceptors (Lipinski definition) is 6. The van der Waals surface area contributed by atoms with Crippen molar-refractivity contribution < 1.29 is 0 Å². The molecule has 0 aromatic carbocycles. The molecule has 0 atom stereocenters. The second kappa shape index (κ2) is 7.58. The van der Waals surface area contributed by atoms with E-state index in [4.69, 9.17) is 5.73 Å². The van der Waals surface area contributed by atoms with Crippen molar-refractivity contribution in [1.29, 1.82) is 0 Å². The number of rotatable bonds is 6. The molecule has 0 fully saturated rings. The summed E-state index contributed by atoms with van der Waals surface area (Å²) in [6.45, 7) is 0.833. The van der Waals surface area contributed by atoms with Crippen LogP contribution in [0.4, 0.5) is 23.0 Å². The van der Waals surface area contributed by atoms with Gasteiger partial charge in [-0.05, 0) is 44.2 Å². The number of anilines is 4. The van der Waals surface area contributed by atoms with E-state index in [2.05, 4.69) is 31.7 Å². The van der Waals surface area contributed by atoms with E-state index in [-0.39, 0.29) is 0 Å². The van der Waals surface area contributed by atoms with Gasteiger partial charge in [-0.3, -0.25) is 4.98 Å². The highest BCUT2D eigenvalue weighted by Gasteiger charge is 2.09. The maximum atomic E-state index is 6.17. The largest absolute Gasteiger partial charge is 0.393 e. The molecule has 1 aliphatic carbocycles. The SMILES string of the molecule is Nc1c(NCCC2=CCCCC2)ncnc1Nc1cccnc1. The third-order valence-corrected chi connectivity index (χ3v) is 3.93. The summed E-state index contributed by atoms with van der Waals surface area (Å²) in [6.07, 6.45) is 13.4. The Kier molecular flexibility index (Phi) is 5.03. The van der Waals surface area contributed by atoms with Crippen LogP contribution in [-0.2, 0) is 0 Å². The molecule has 6 nitrogen and oxygen atoms in total. The summed E-state index contributed by atoms with van der Waals surface area (Å²) < 4.78 is 0. The zero-order chi connectivity index (χ0) is 15.9. The van der Waals surface area contributed by atoms with E-state index in [1.807, 2.05) is 12.1 Å². The second-order valence-electron chi connectivity index (χ2n) is 5.64. The van der Waals surface area contributed by atoms with Crippen molar-refractivity contribution in [2.75, 3.05) is 22.9 Å². The van der Waals surface area contributed by atoms with Gasteiger partial charge in [-0.1, -0.05) is 11.6 Å². The molecule has 0 spiro atoms. The molecule has 1 aliphatic rings. The predicted molar refractivity (Wildman–Crippen MR) is 93.6 cm³/mol. The summed E-state index contributed by atoms with van der Waals surface area (Å²) in [5, 5.41) is 6.48. The zero-order valence-electron chi connectivity index (χ0n) is 13.1. The number of aromatic nitrogens is 3. The van der Waals surface area contributed by atoms with Gasteiger partial charge < -0.3 is 16.4 Å². The molecule has 2 aromatic rings. The maximum Gasteiger partial charge on any atom is 0.159 e. The van der Waals surface area contributed by atoms with Gasteiger partial charge in [0.05, 0.1) is 11.9 Å². The molecule has 6 heteroatoms. The van der Waals surface area contributed by atoms with Crippen LogP contribution in [0.25, 0.3) is 0 Å². The first-order chi connectivity index (χ1) is 11.3. The lowest BCUT2D eigenvalue weighted by atomic mass is 9.97. The quantitative estimate of drug-likeness (QED) is 0.708. The third kappa shape index (κ3) is 4.18. The van der Waals surface area contributed by atoms with E-state index in [1.54, 1.807) is 12.4 Å². The monoisotopic (exact) mass is 310 g/mol. The Morgan fingerprint density at radius 3 is 2.87 bits per heavy atom. The fourth-order valence-electron chi connectivity index (χ4n) is 2.68. The minimum atomic E-state index is 0.522. The summed E-state index contributed by atoms with van der Waals surface area (Å²) in [5.41, 5.74) is 9.06.